The van der Waals surface area contributed by atoms with E-state index in [0.717, 1.165) is 38.9 Å². The van der Waals surface area contributed by atoms with Crippen LogP contribution in [0.1, 0.15) is 40.0 Å². The second kappa shape index (κ2) is 7.99. The summed E-state index contributed by atoms with van der Waals surface area (Å²) < 4.78 is 0. The predicted octanol–water partition coefficient (Wildman–Crippen LogP) is 1.80. The highest BCUT2D eigenvalue weighted by molar-refractivity contribution is 5.79. The molecule has 1 amide bonds. The summed E-state index contributed by atoms with van der Waals surface area (Å²) >= 11 is 0. The fourth-order valence-corrected chi connectivity index (χ4v) is 2.96. The van der Waals surface area contributed by atoms with Gasteiger partial charge in [0.1, 0.15) is 0 Å². The maximum atomic E-state index is 12.8. The van der Waals surface area contributed by atoms with Crippen molar-refractivity contribution in [2.24, 2.45) is 23.5 Å². The van der Waals surface area contributed by atoms with Gasteiger partial charge in [-0.05, 0) is 45.2 Å². The summed E-state index contributed by atoms with van der Waals surface area (Å²) in [5.74, 6) is 1.52. The van der Waals surface area contributed by atoms with Crippen molar-refractivity contribution in [2.45, 2.75) is 46.1 Å². The highest BCUT2D eigenvalue weighted by Gasteiger charge is 2.32. The highest BCUT2D eigenvalue weighted by Crippen LogP contribution is 2.29. The molecule has 0 heterocycles. The van der Waals surface area contributed by atoms with Gasteiger partial charge in [0.15, 0.2) is 0 Å². The lowest BCUT2D eigenvalue weighted by atomic mass is 9.78. The Morgan fingerprint density at radius 1 is 1.25 bits per heavy atom. The Bertz CT molecular complexity index is 304. The summed E-state index contributed by atoms with van der Waals surface area (Å²) in [6.45, 7) is 9.16. The Kier molecular flexibility index (Phi) is 6.96. The molecule has 118 valence electrons. The number of hydrogen-bond acceptors (Lipinski definition) is 3. The smallest absolute Gasteiger partial charge is 0.225 e. The molecule has 0 aromatic heterocycles. The van der Waals surface area contributed by atoms with Crippen molar-refractivity contribution >= 4 is 5.91 Å². The zero-order valence-corrected chi connectivity index (χ0v) is 13.9. The lowest BCUT2D eigenvalue weighted by Gasteiger charge is -2.35. The molecule has 2 N–H and O–H groups in total. The normalized spacial score (nSPS) is 27.1. The van der Waals surface area contributed by atoms with Crippen LogP contribution < -0.4 is 5.73 Å². The number of rotatable bonds is 6. The van der Waals surface area contributed by atoms with Gasteiger partial charge in [-0.3, -0.25) is 4.79 Å². The Balaban J connectivity index is 2.61. The molecule has 1 aliphatic carbocycles. The van der Waals surface area contributed by atoms with Gasteiger partial charge in [0.2, 0.25) is 5.91 Å². The van der Waals surface area contributed by atoms with Crippen molar-refractivity contribution in [1.82, 2.24) is 9.80 Å². The molecule has 20 heavy (non-hydrogen) atoms. The first-order valence-electron chi connectivity index (χ1n) is 8.00. The van der Waals surface area contributed by atoms with Gasteiger partial charge < -0.3 is 15.5 Å². The number of nitrogens with zero attached hydrogens (tertiary/aromatic N) is 2. The van der Waals surface area contributed by atoms with Crippen LogP contribution in [0.3, 0.4) is 0 Å². The van der Waals surface area contributed by atoms with Crippen molar-refractivity contribution < 1.29 is 4.79 Å². The largest absolute Gasteiger partial charge is 0.341 e. The lowest BCUT2D eigenvalue weighted by molar-refractivity contribution is -0.137. The van der Waals surface area contributed by atoms with Gasteiger partial charge in [0.05, 0.1) is 0 Å². The first kappa shape index (κ1) is 17.4. The average Bonchev–Trinajstić information content (AvgIpc) is 2.36. The van der Waals surface area contributed by atoms with Crippen molar-refractivity contribution in [3.8, 4) is 0 Å². The number of carbonyl (C=O) groups excluding carboxylic acids is 1. The topological polar surface area (TPSA) is 49.6 Å². The fourth-order valence-electron chi connectivity index (χ4n) is 2.96. The standard InChI is InChI=1S/C16H33N3O/c1-12(2)11-19(9-8-18(4)5)16(20)14-6-7-15(17)13(3)10-14/h12-15H,6-11,17H2,1-5H3. The average molecular weight is 283 g/mol. The number of likely N-dealkylation sites (N-methyl/N-ethyl adjacent to an activating group) is 1. The minimum absolute atomic E-state index is 0.186. The molecule has 3 atom stereocenters. The van der Waals surface area contributed by atoms with Crippen LogP contribution in [0.2, 0.25) is 0 Å². The highest BCUT2D eigenvalue weighted by atomic mass is 16.2. The van der Waals surface area contributed by atoms with Crippen LogP contribution >= 0.6 is 0 Å². The molecule has 4 heteroatoms. The van der Waals surface area contributed by atoms with Crippen molar-refractivity contribution in [1.29, 1.82) is 0 Å². The molecule has 1 fully saturated rings. The summed E-state index contributed by atoms with van der Waals surface area (Å²) in [6, 6.07) is 0.277. The Morgan fingerprint density at radius 3 is 2.40 bits per heavy atom. The number of hydrogen-bond donors (Lipinski definition) is 1. The monoisotopic (exact) mass is 283 g/mol. The van der Waals surface area contributed by atoms with Crippen LogP contribution in [-0.4, -0.2) is 55.5 Å². The Morgan fingerprint density at radius 2 is 1.90 bits per heavy atom. The third kappa shape index (κ3) is 5.41. The molecule has 3 unspecified atom stereocenters. The van der Waals surface area contributed by atoms with E-state index in [1.54, 1.807) is 0 Å². The van der Waals surface area contributed by atoms with E-state index in [0.29, 0.717) is 17.7 Å². The zero-order valence-electron chi connectivity index (χ0n) is 13.9. The van der Waals surface area contributed by atoms with Crippen molar-refractivity contribution in [3.05, 3.63) is 0 Å². The van der Waals surface area contributed by atoms with E-state index in [1.807, 2.05) is 0 Å². The first-order chi connectivity index (χ1) is 9.31. The summed E-state index contributed by atoms with van der Waals surface area (Å²) in [6.07, 6.45) is 2.90. The molecule has 1 rings (SSSR count). The number of amides is 1. The SMILES string of the molecule is CC(C)CN(CCN(C)C)C(=O)C1CCC(N)C(C)C1. The van der Waals surface area contributed by atoms with E-state index < -0.39 is 0 Å². The van der Waals surface area contributed by atoms with E-state index in [4.69, 9.17) is 5.73 Å². The molecule has 0 spiro atoms. The molecule has 1 aliphatic rings. The minimum atomic E-state index is 0.186. The van der Waals surface area contributed by atoms with Gasteiger partial charge in [-0.2, -0.15) is 0 Å². The summed E-state index contributed by atoms with van der Waals surface area (Å²) in [4.78, 5) is 17.0. The molecule has 0 bridgehead atoms. The second-order valence-corrected chi connectivity index (χ2v) is 7.13. The molecular weight excluding hydrogens is 250 g/mol. The van der Waals surface area contributed by atoms with Crippen molar-refractivity contribution in [3.63, 3.8) is 0 Å². The predicted molar refractivity (Wildman–Crippen MR) is 84.5 cm³/mol. The number of carbonyl (C=O) groups is 1. The third-order valence-electron chi connectivity index (χ3n) is 4.30. The van der Waals surface area contributed by atoms with Gasteiger partial charge in [0.25, 0.3) is 0 Å². The van der Waals surface area contributed by atoms with Crippen LogP contribution in [0, 0.1) is 17.8 Å². The quantitative estimate of drug-likeness (QED) is 0.808. The first-order valence-corrected chi connectivity index (χ1v) is 8.00. The molecular formula is C16H33N3O. The van der Waals surface area contributed by atoms with E-state index in [1.165, 1.54) is 0 Å². The maximum Gasteiger partial charge on any atom is 0.225 e. The summed E-state index contributed by atoms with van der Waals surface area (Å²) in [7, 11) is 4.11. The molecule has 0 aromatic rings. The lowest BCUT2D eigenvalue weighted by Crippen LogP contribution is -2.45. The van der Waals surface area contributed by atoms with Crippen LogP contribution in [-0.2, 0) is 4.79 Å². The van der Waals surface area contributed by atoms with Crippen LogP contribution in [0.4, 0.5) is 0 Å². The van der Waals surface area contributed by atoms with Gasteiger partial charge >= 0.3 is 0 Å². The van der Waals surface area contributed by atoms with Gasteiger partial charge in [-0.25, -0.2) is 0 Å². The Hall–Kier alpha value is -0.610. The maximum absolute atomic E-state index is 12.8. The molecule has 0 aromatic carbocycles. The minimum Gasteiger partial charge on any atom is -0.341 e. The Labute approximate surface area is 124 Å². The van der Waals surface area contributed by atoms with Crippen LogP contribution in [0.15, 0.2) is 0 Å². The molecule has 1 saturated carbocycles. The van der Waals surface area contributed by atoms with Crippen LogP contribution in [0.25, 0.3) is 0 Å². The fraction of sp³-hybridized carbons (Fsp3) is 0.938. The van der Waals surface area contributed by atoms with Gasteiger partial charge in [-0.15, -0.1) is 0 Å². The van der Waals surface area contributed by atoms with E-state index in [-0.39, 0.29) is 12.0 Å². The van der Waals surface area contributed by atoms with E-state index in [2.05, 4.69) is 44.7 Å². The summed E-state index contributed by atoms with van der Waals surface area (Å²) in [5, 5.41) is 0. The molecule has 0 aliphatic heterocycles. The zero-order chi connectivity index (χ0) is 15.3. The van der Waals surface area contributed by atoms with Gasteiger partial charge in [0, 0.05) is 31.6 Å². The van der Waals surface area contributed by atoms with Crippen molar-refractivity contribution in [2.75, 3.05) is 33.7 Å². The van der Waals surface area contributed by atoms with E-state index >= 15 is 0 Å². The second-order valence-electron chi connectivity index (χ2n) is 7.13. The van der Waals surface area contributed by atoms with Gasteiger partial charge in [-0.1, -0.05) is 20.8 Å². The summed E-state index contributed by atoms with van der Waals surface area (Å²) in [5.41, 5.74) is 6.06. The molecule has 0 radical (unpaired) electrons. The molecule has 0 saturated heterocycles. The number of nitrogens with two attached hydrogens (primary N) is 1. The van der Waals surface area contributed by atoms with E-state index in [9.17, 15) is 4.79 Å². The third-order valence-corrected chi connectivity index (χ3v) is 4.30. The van der Waals surface area contributed by atoms with Crippen LogP contribution in [0.5, 0.6) is 0 Å². The molecule has 4 nitrogen and oxygen atoms in total.